The van der Waals surface area contributed by atoms with Crippen LogP contribution in [0.25, 0.3) is 0 Å². The van der Waals surface area contributed by atoms with Gasteiger partial charge in [-0.3, -0.25) is 0 Å². The van der Waals surface area contributed by atoms with E-state index in [1.807, 2.05) is 6.08 Å². The van der Waals surface area contributed by atoms with Gasteiger partial charge in [-0.15, -0.1) is 6.58 Å². The molecule has 0 fully saturated rings. The first-order chi connectivity index (χ1) is 9.10. The van der Waals surface area contributed by atoms with Gasteiger partial charge in [0.05, 0.1) is 0 Å². The second-order valence-corrected chi connectivity index (χ2v) is 5.56. The van der Waals surface area contributed by atoms with Crippen molar-refractivity contribution in [2.45, 2.75) is 72.6 Å². The summed E-state index contributed by atoms with van der Waals surface area (Å²) in [6, 6.07) is 0. The van der Waals surface area contributed by atoms with Crippen molar-refractivity contribution < 1.29 is 0 Å². The molecule has 0 spiro atoms. The molecular weight excluding hydrogens is 228 g/mol. The molecule has 0 rings (SSSR count). The monoisotopic (exact) mass is 260 g/mol. The minimum absolute atomic E-state index is 1.04. The lowest BCUT2D eigenvalue weighted by Gasteiger charge is -2.03. The fourth-order valence-corrected chi connectivity index (χ4v) is 2.10. The molecule has 0 atom stereocenters. The highest BCUT2D eigenvalue weighted by molar-refractivity contribution is 5.05. The molecule has 0 radical (unpaired) electrons. The lowest BCUT2D eigenvalue weighted by molar-refractivity contribution is 0.789. The maximum atomic E-state index is 3.80. The Morgan fingerprint density at radius 3 is 2.16 bits per heavy atom. The molecule has 0 amide bonds. The Balaban J connectivity index is 3.75. The third kappa shape index (κ3) is 11.8. The summed E-state index contributed by atoms with van der Waals surface area (Å²) in [6.45, 7) is 12.5. The van der Waals surface area contributed by atoms with Crippen LogP contribution in [0.3, 0.4) is 0 Å². The maximum absolute atomic E-state index is 3.80. The van der Waals surface area contributed by atoms with E-state index in [-0.39, 0.29) is 0 Å². The molecule has 0 aromatic rings. The van der Waals surface area contributed by atoms with Gasteiger partial charge in [0.15, 0.2) is 0 Å². The van der Waals surface area contributed by atoms with E-state index in [1.54, 1.807) is 5.57 Å². The molecule has 0 saturated carbocycles. The van der Waals surface area contributed by atoms with Crippen molar-refractivity contribution >= 4 is 0 Å². The highest BCUT2D eigenvalue weighted by Crippen LogP contribution is 2.14. The first kappa shape index (κ1) is 18.0. The third-order valence-corrected chi connectivity index (χ3v) is 3.34. The van der Waals surface area contributed by atoms with E-state index in [0.717, 1.165) is 6.42 Å². The van der Waals surface area contributed by atoms with Gasteiger partial charge in [0.25, 0.3) is 0 Å². The summed E-state index contributed by atoms with van der Waals surface area (Å²) in [7, 11) is 0. The van der Waals surface area contributed by atoms with Crippen molar-refractivity contribution in [3.8, 4) is 0 Å². The number of hydrogen-bond donors (Lipinski definition) is 0. The zero-order chi connectivity index (χ0) is 14.5. The molecule has 0 unspecified atom stereocenters. The molecule has 0 aromatic heterocycles. The van der Waals surface area contributed by atoms with E-state index in [1.165, 1.54) is 49.7 Å². The number of hydrogen-bond acceptors (Lipinski definition) is 0. The quantitative estimate of drug-likeness (QED) is 0.300. The lowest BCUT2D eigenvalue weighted by Crippen LogP contribution is -1.83. The van der Waals surface area contributed by atoms with Crippen LogP contribution in [0.4, 0.5) is 0 Å². The van der Waals surface area contributed by atoms with Gasteiger partial charge in [0.2, 0.25) is 0 Å². The maximum Gasteiger partial charge on any atom is -0.0142 e. The summed E-state index contributed by atoms with van der Waals surface area (Å²) in [5.41, 5.74) is 4.50. The summed E-state index contributed by atoms with van der Waals surface area (Å²) < 4.78 is 0. The Morgan fingerprint density at radius 1 is 0.947 bits per heavy atom. The van der Waals surface area contributed by atoms with E-state index < -0.39 is 0 Å². The van der Waals surface area contributed by atoms with Crippen molar-refractivity contribution in [3.05, 3.63) is 47.6 Å². The van der Waals surface area contributed by atoms with Crippen LogP contribution in [0.5, 0.6) is 0 Å². The average Bonchev–Trinajstić information content (AvgIpc) is 2.38. The molecule has 0 nitrogen and oxygen atoms in total. The molecule has 19 heavy (non-hydrogen) atoms. The Labute approximate surface area is 121 Å². The van der Waals surface area contributed by atoms with Crippen molar-refractivity contribution in [2.75, 3.05) is 0 Å². The van der Waals surface area contributed by atoms with Crippen LogP contribution in [-0.4, -0.2) is 0 Å². The van der Waals surface area contributed by atoms with Crippen LogP contribution in [0.15, 0.2) is 47.6 Å². The van der Waals surface area contributed by atoms with Crippen LogP contribution < -0.4 is 0 Å². The zero-order valence-electron chi connectivity index (χ0n) is 13.5. The minimum atomic E-state index is 1.04. The van der Waals surface area contributed by atoms with Gasteiger partial charge in [-0.25, -0.2) is 0 Å². The highest BCUT2D eigenvalue weighted by Gasteiger charge is 1.94. The standard InChI is InChI=1S/C19H32/c1-6-12-19(7-2)16-11-10-15-18(5)14-9-8-13-17(3)4/h6-7,13,15H,1,8-12,14,16H2,2-5H3. The van der Waals surface area contributed by atoms with Crippen molar-refractivity contribution in [1.29, 1.82) is 0 Å². The van der Waals surface area contributed by atoms with Gasteiger partial charge in [-0.2, -0.15) is 0 Å². The molecule has 0 aliphatic rings. The SMILES string of the molecule is C=CCC(=CC)CCCC=C(C)CCCC=C(C)C. The first-order valence-electron chi connectivity index (χ1n) is 7.64. The molecule has 0 heterocycles. The molecule has 108 valence electrons. The van der Waals surface area contributed by atoms with Crippen molar-refractivity contribution in [3.63, 3.8) is 0 Å². The Morgan fingerprint density at radius 2 is 1.58 bits per heavy atom. The lowest BCUT2D eigenvalue weighted by atomic mass is 10.0. The summed E-state index contributed by atoms with van der Waals surface area (Å²) in [5, 5.41) is 0. The van der Waals surface area contributed by atoms with Gasteiger partial charge >= 0.3 is 0 Å². The second-order valence-electron chi connectivity index (χ2n) is 5.56. The Kier molecular flexibility index (Phi) is 11.4. The predicted molar refractivity (Wildman–Crippen MR) is 89.5 cm³/mol. The summed E-state index contributed by atoms with van der Waals surface area (Å²) in [4.78, 5) is 0. The van der Waals surface area contributed by atoms with Gasteiger partial charge in [-0.05, 0) is 72.6 Å². The Bertz CT molecular complexity index is 322. The van der Waals surface area contributed by atoms with Gasteiger partial charge in [0, 0.05) is 0 Å². The summed E-state index contributed by atoms with van der Waals surface area (Å²) >= 11 is 0. The predicted octanol–water partition coefficient (Wildman–Crippen LogP) is 6.76. The Hall–Kier alpha value is -1.04. The van der Waals surface area contributed by atoms with E-state index in [2.05, 4.69) is 52.5 Å². The molecule has 0 aliphatic carbocycles. The average molecular weight is 260 g/mol. The zero-order valence-corrected chi connectivity index (χ0v) is 13.5. The summed E-state index contributed by atoms with van der Waals surface area (Å²) in [6.07, 6.45) is 17.5. The van der Waals surface area contributed by atoms with Crippen LogP contribution >= 0.6 is 0 Å². The number of allylic oxidation sites excluding steroid dienone is 7. The van der Waals surface area contributed by atoms with Crippen LogP contribution in [-0.2, 0) is 0 Å². The summed E-state index contributed by atoms with van der Waals surface area (Å²) in [5.74, 6) is 0. The van der Waals surface area contributed by atoms with E-state index in [4.69, 9.17) is 0 Å². The van der Waals surface area contributed by atoms with Gasteiger partial charge in [-0.1, -0.05) is 41.0 Å². The topological polar surface area (TPSA) is 0 Å². The fraction of sp³-hybridized carbons (Fsp3) is 0.579. The van der Waals surface area contributed by atoms with Gasteiger partial charge < -0.3 is 0 Å². The largest absolute Gasteiger partial charge is 0.103 e. The smallest absolute Gasteiger partial charge is 0.0142 e. The normalized spacial score (nSPS) is 12.4. The van der Waals surface area contributed by atoms with E-state index in [0.29, 0.717) is 0 Å². The number of rotatable bonds is 10. The van der Waals surface area contributed by atoms with Crippen molar-refractivity contribution in [1.82, 2.24) is 0 Å². The molecule has 0 bridgehead atoms. The molecular formula is C19H32. The first-order valence-corrected chi connectivity index (χ1v) is 7.64. The van der Waals surface area contributed by atoms with E-state index >= 15 is 0 Å². The number of unbranched alkanes of at least 4 members (excludes halogenated alkanes) is 2. The molecule has 0 aliphatic heterocycles. The fourth-order valence-electron chi connectivity index (χ4n) is 2.10. The molecule has 0 aromatic carbocycles. The minimum Gasteiger partial charge on any atom is -0.103 e. The third-order valence-electron chi connectivity index (χ3n) is 3.34. The van der Waals surface area contributed by atoms with Crippen LogP contribution in [0.2, 0.25) is 0 Å². The van der Waals surface area contributed by atoms with Crippen molar-refractivity contribution in [2.24, 2.45) is 0 Å². The molecule has 0 heteroatoms. The van der Waals surface area contributed by atoms with Gasteiger partial charge in [0.1, 0.15) is 0 Å². The van der Waals surface area contributed by atoms with E-state index in [9.17, 15) is 0 Å². The van der Waals surface area contributed by atoms with Crippen LogP contribution in [0.1, 0.15) is 72.6 Å². The molecule has 0 saturated heterocycles. The highest BCUT2D eigenvalue weighted by atomic mass is 14.0. The van der Waals surface area contributed by atoms with Crippen LogP contribution in [0, 0.1) is 0 Å². The molecule has 0 N–H and O–H groups in total. The second kappa shape index (κ2) is 12.0.